The van der Waals surface area contributed by atoms with Gasteiger partial charge in [-0.1, -0.05) is 19.3 Å². The molecule has 0 aromatic carbocycles. The first-order valence-corrected chi connectivity index (χ1v) is 9.07. The molecular weight excluding hydrogens is 316 g/mol. The third-order valence-corrected chi connectivity index (χ3v) is 5.59. The number of hydrogen-bond acceptors (Lipinski definition) is 3. The molecule has 2 atom stereocenters. The summed E-state index contributed by atoms with van der Waals surface area (Å²) < 4.78 is 27.0. The van der Waals surface area contributed by atoms with Crippen LogP contribution in [0.5, 0.6) is 0 Å². The number of fused-ring (bicyclic) bond motifs is 1. The molecular formula is C17H27F2N3O2. The highest BCUT2D eigenvalue weighted by molar-refractivity contribution is 5.88. The van der Waals surface area contributed by atoms with Gasteiger partial charge in [0.1, 0.15) is 6.04 Å². The molecule has 1 aliphatic carbocycles. The number of carbonyl (C=O) groups is 2. The summed E-state index contributed by atoms with van der Waals surface area (Å²) in [7, 11) is 0. The van der Waals surface area contributed by atoms with Crippen LogP contribution in [0, 0.1) is 5.92 Å². The minimum Gasteiger partial charge on any atom is -0.344 e. The maximum atomic E-state index is 13.5. The summed E-state index contributed by atoms with van der Waals surface area (Å²) in [5.74, 6) is -2.83. The van der Waals surface area contributed by atoms with Gasteiger partial charge in [0.05, 0.1) is 6.54 Å². The van der Waals surface area contributed by atoms with Crippen molar-refractivity contribution in [1.82, 2.24) is 15.1 Å². The Balaban J connectivity index is 1.51. The van der Waals surface area contributed by atoms with Crippen molar-refractivity contribution in [2.45, 2.75) is 63.5 Å². The Morgan fingerprint density at radius 2 is 1.88 bits per heavy atom. The molecule has 0 radical (unpaired) electrons. The molecule has 2 heterocycles. The number of carbonyl (C=O) groups excluding carboxylic acids is 2. The van der Waals surface area contributed by atoms with E-state index in [0.29, 0.717) is 19.6 Å². The lowest BCUT2D eigenvalue weighted by Gasteiger charge is -2.38. The Bertz CT molecular complexity index is 494. The van der Waals surface area contributed by atoms with E-state index in [1.807, 2.05) is 0 Å². The fourth-order valence-electron chi connectivity index (χ4n) is 4.23. The molecule has 3 rings (SSSR count). The standard InChI is InChI=1S/C17H27F2N3O2/c1-12(20-15(23)13-5-3-2-4-6-13)16(24)21-7-8-22-11-17(18,19)9-14(22)10-21/h12-14H,2-11H2,1H3,(H,20,23)/t12-,14-/m0/s1. The van der Waals surface area contributed by atoms with E-state index in [1.54, 1.807) is 16.7 Å². The van der Waals surface area contributed by atoms with E-state index in [9.17, 15) is 18.4 Å². The Hall–Kier alpha value is -1.24. The van der Waals surface area contributed by atoms with Crippen molar-refractivity contribution in [3.05, 3.63) is 0 Å². The number of nitrogens with zero attached hydrogens (tertiary/aromatic N) is 2. The van der Waals surface area contributed by atoms with E-state index >= 15 is 0 Å². The van der Waals surface area contributed by atoms with Gasteiger partial charge in [-0.2, -0.15) is 0 Å². The van der Waals surface area contributed by atoms with Crippen LogP contribution in [-0.2, 0) is 9.59 Å². The lowest BCUT2D eigenvalue weighted by Crippen LogP contribution is -2.56. The summed E-state index contributed by atoms with van der Waals surface area (Å²) >= 11 is 0. The van der Waals surface area contributed by atoms with Crippen LogP contribution in [0.2, 0.25) is 0 Å². The van der Waals surface area contributed by atoms with Crippen LogP contribution < -0.4 is 5.32 Å². The molecule has 136 valence electrons. The molecule has 7 heteroatoms. The summed E-state index contributed by atoms with van der Waals surface area (Å²) in [6, 6.07) is -0.855. The monoisotopic (exact) mass is 343 g/mol. The average Bonchev–Trinajstić information content (AvgIpc) is 2.87. The highest BCUT2D eigenvalue weighted by Crippen LogP contribution is 2.33. The van der Waals surface area contributed by atoms with Crippen LogP contribution in [0.25, 0.3) is 0 Å². The number of hydrogen-bond donors (Lipinski definition) is 1. The predicted molar refractivity (Wildman–Crippen MR) is 85.7 cm³/mol. The summed E-state index contributed by atoms with van der Waals surface area (Å²) in [4.78, 5) is 28.3. The molecule has 2 amide bonds. The zero-order valence-corrected chi connectivity index (χ0v) is 14.3. The molecule has 0 aromatic rings. The second-order valence-electron chi connectivity index (χ2n) is 7.53. The maximum Gasteiger partial charge on any atom is 0.262 e. The van der Waals surface area contributed by atoms with Crippen molar-refractivity contribution < 1.29 is 18.4 Å². The maximum absolute atomic E-state index is 13.5. The largest absolute Gasteiger partial charge is 0.344 e. The Morgan fingerprint density at radius 3 is 2.58 bits per heavy atom. The molecule has 3 fully saturated rings. The van der Waals surface area contributed by atoms with Gasteiger partial charge in [-0.15, -0.1) is 0 Å². The normalized spacial score (nSPS) is 29.1. The fraction of sp³-hybridized carbons (Fsp3) is 0.882. The van der Waals surface area contributed by atoms with E-state index in [0.717, 1.165) is 25.7 Å². The van der Waals surface area contributed by atoms with Crippen LogP contribution in [0.4, 0.5) is 8.78 Å². The van der Waals surface area contributed by atoms with Gasteiger partial charge in [0.15, 0.2) is 0 Å². The van der Waals surface area contributed by atoms with Crippen molar-refractivity contribution in [3.8, 4) is 0 Å². The van der Waals surface area contributed by atoms with E-state index in [4.69, 9.17) is 0 Å². The molecule has 2 saturated heterocycles. The first-order chi connectivity index (χ1) is 11.4. The van der Waals surface area contributed by atoms with E-state index in [1.165, 1.54) is 6.42 Å². The van der Waals surface area contributed by atoms with Crippen molar-refractivity contribution >= 4 is 11.8 Å². The second-order valence-corrected chi connectivity index (χ2v) is 7.53. The van der Waals surface area contributed by atoms with Gasteiger partial charge in [0.25, 0.3) is 5.92 Å². The van der Waals surface area contributed by atoms with Crippen LogP contribution in [-0.4, -0.2) is 65.8 Å². The zero-order chi connectivity index (χ0) is 17.3. The molecule has 0 unspecified atom stereocenters. The summed E-state index contributed by atoms with van der Waals surface area (Å²) in [6.07, 6.45) is 4.91. The molecule has 5 nitrogen and oxygen atoms in total. The summed E-state index contributed by atoms with van der Waals surface area (Å²) in [6.45, 7) is 2.76. The topological polar surface area (TPSA) is 52.7 Å². The molecule has 24 heavy (non-hydrogen) atoms. The molecule has 2 aliphatic heterocycles. The second kappa shape index (κ2) is 6.94. The van der Waals surface area contributed by atoms with E-state index in [2.05, 4.69) is 5.32 Å². The molecule has 3 aliphatic rings. The lowest BCUT2D eigenvalue weighted by atomic mass is 9.88. The highest BCUT2D eigenvalue weighted by atomic mass is 19.3. The minimum atomic E-state index is -2.65. The predicted octanol–water partition coefficient (Wildman–Crippen LogP) is 1.62. The summed E-state index contributed by atoms with van der Waals surface area (Å²) in [5, 5.41) is 2.83. The van der Waals surface area contributed by atoms with Crippen LogP contribution >= 0.6 is 0 Å². The van der Waals surface area contributed by atoms with E-state index in [-0.39, 0.29) is 36.7 Å². The fourth-order valence-corrected chi connectivity index (χ4v) is 4.23. The summed E-state index contributed by atoms with van der Waals surface area (Å²) in [5.41, 5.74) is 0. The number of nitrogens with one attached hydrogen (secondary N) is 1. The first-order valence-electron chi connectivity index (χ1n) is 9.07. The third kappa shape index (κ3) is 3.87. The quantitative estimate of drug-likeness (QED) is 0.847. The van der Waals surface area contributed by atoms with Gasteiger partial charge < -0.3 is 10.2 Å². The SMILES string of the molecule is C[C@H](NC(=O)C1CCCCC1)C(=O)N1CCN2CC(F)(F)C[C@H]2C1. The molecule has 0 aromatic heterocycles. The number of alkyl halides is 2. The van der Waals surface area contributed by atoms with Gasteiger partial charge in [-0.3, -0.25) is 14.5 Å². The Kier molecular flexibility index (Phi) is 5.08. The molecule has 1 N–H and O–H groups in total. The van der Waals surface area contributed by atoms with Crippen LogP contribution in [0.15, 0.2) is 0 Å². The molecule has 1 saturated carbocycles. The molecule has 0 bridgehead atoms. The number of piperazine rings is 1. The highest BCUT2D eigenvalue weighted by Gasteiger charge is 2.47. The van der Waals surface area contributed by atoms with Gasteiger partial charge in [-0.25, -0.2) is 8.78 Å². The van der Waals surface area contributed by atoms with Crippen molar-refractivity contribution in [3.63, 3.8) is 0 Å². The van der Waals surface area contributed by atoms with Crippen molar-refractivity contribution in [1.29, 1.82) is 0 Å². The van der Waals surface area contributed by atoms with Gasteiger partial charge in [0.2, 0.25) is 11.8 Å². The minimum absolute atomic E-state index is 0.0133. The van der Waals surface area contributed by atoms with Crippen molar-refractivity contribution in [2.75, 3.05) is 26.2 Å². The Labute approximate surface area is 141 Å². The van der Waals surface area contributed by atoms with E-state index < -0.39 is 12.0 Å². The van der Waals surface area contributed by atoms with Crippen molar-refractivity contribution in [2.24, 2.45) is 5.92 Å². The van der Waals surface area contributed by atoms with Crippen LogP contribution in [0.1, 0.15) is 45.4 Å². The van der Waals surface area contributed by atoms with Crippen LogP contribution in [0.3, 0.4) is 0 Å². The van der Waals surface area contributed by atoms with Gasteiger partial charge in [0, 0.05) is 38.0 Å². The zero-order valence-electron chi connectivity index (χ0n) is 14.3. The van der Waals surface area contributed by atoms with Gasteiger partial charge >= 0.3 is 0 Å². The smallest absolute Gasteiger partial charge is 0.262 e. The molecule has 0 spiro atoms. The Morgan fingerprint density at radius 1 is 1.17 bits per heavy atom. The average molecular weight is 343 g/mol. The third-order valence-electron chi connectivity index (χ3n) is 5.59. The van der Waals surface area contributed by atoms with Gasteiger partial charge in [-0.05, 0) is 19.8 Å². The lowest BCUT2D eigenvalue weighted by molar-refractivity contribution is -0.139. The number of halogens is 2. The number of rotatable bonds is 3. The number of amides is 2. The first kappa shape index (κ1) is 17.6.